The molecule has 1 aliphatic carbocycles. The van der Waals surface area contributed by atoms with Gasteiger partial charge in [0.25, 0.3) is 0 Å². The van der Waals surface area contributed by atoms with E-state index in [2.05, 4.69) is 10.1 Å². The van der Waals surface area contributed by atoms with Crippen LogP contribution in [0.1, 0.15) is 24.4 Å². The molecule has 0 aromatic heterocycles. The number of nitrogens with zero attached hydrogens (tertiary/aromatic N) is 1. The molecule has 0 saturated heterocycles. The molecule has 24 heavy (non-hydrogen) atoms. The second kappa shape index (κ2) is 6.82. The van der Waals surface area contributed by atoms with Gasteiger partial charge in [0.1, 0.15) is 0 Å². The van der Waals surface area contributed by atoms with Crippen molar-refractivity contribution in [2.24, 2.45) is 5.92 Å². The molecule has 7 heteroatoms. The Morgan fingerprint density at radius 1 is 1.17 bits per heavy atom. The van der Waals surface area contributed by atoms with Crippen LogP contribution in [0.2, 0.25) is 0 Å². The number of alkyl halides is 2. The molecular formula is C17H16F2N2O3. The van der Waals surface area contributed by atoms with Gasteiger partial charge in [-0.3, -0.25) is 10.1 Å². The van der Waals surface area contributed by atoms with Crippen molar-refractivity contribution in [3.05, 3.63) is 64.2 Å². The van der Waals surface area contributed by atoms with E-state index in [0.29, 0.717) is 11.6 Å². The third-order valence-corrected chi connectivity index (χ3v) is 3.95. The molecule has 1 aliphatic rings. The maximum absolute atomic E-state index is 12.5. The predicted molar refractivity (Wildman–Crippen MR) is 85.3 cm³/mol. The number of nitrogens with one attached hydrogen (secondary N) is 1. The molecule has 3 rings (SSSR count). The molecule has 0 radical (unpaired) electrons. The Hall–Kier alpha value is -2.70. The number of hydrogen-bond acceptors (Lipinski definition) is 4. The Kier molecular flexibility index (Phi) is 4.59. The van der Waals surface area contributed by atoms with Crippen molar-refractivity contribution < 1.29 is 18.4 Å². The van der Waals surface area contributed by atoms with Gasteiger partial charge < -0.3 is 10.1 Å². The fraction of sp³-hybridized carbons (Fsp3) is 0.294. The summed E-state index contributed by atoms with van der Waals surface area (Å²) in [5, 5.41) is 14.2. The lowest BCUT2D eigenvalue weighted by molar-refractivity contribution is -0.386. The topological polar surface area (TPSA) is 64.4 Å². The number of benzene rings is 2. The Labute approximate surface area is 137 Å². The maximum Gasteiger partial charge on any atom is 0.387 e. The first-order valence-corrected chi connectivity index (χ1v) is 7.59. The number of anilines is 1. The third kappa shape index (κ3) is 3.79. The number of halogens is 2. The first kappa shape index (κ1) is 16.2. The summed E-state index contributed by atoms with van der Waals surface area (Å²) < 4.78 is 29.3. The van der Waals surface area contributed by atoms with E-state index in [1.165, 1.54) is 18.2 Å². The van der Waals surface area contributed by atoms with Crippen molar-refractivity contribution in [1.82, 2.24) is 0 Å². The Balaban J connectivity index is 1.87. The van der Waals surface area contributed by atoms with E-state index in [-0.39, 0.29) is 6.04 Å². The van der Waals surface area contributed by atoms with Gasteiger partial charge in [-0.2, -0.15) is 8.78 Å². The van der Waals surface area contributed by atoms with Gasteiger partial charge in [0.2, 0.25) is 5.75 Å². The lowest BCUT2D eigenvalue weighted by atomic mass is 10.0. The van der Waals surface area contributed by atoms with Crippen molar-refractivity contribution in [2.45, 2.75) is 25.5 Å². The van der Waals surface area contributed by atoms with Gasteiger partial charge in [0.15, 0.2) is 0 Å². The van der Waals surface area contributed by atoms with Crippen LogP contribution < -0.4 is 10.1 Å². The summed E-state index contributed by atoms with van der Waals surface area (Å²) in [6.45, 7) is -3.12. The zero-order valence-corrected chi connectivity index (χ0v) is 12.7. The molecule has 1 fully saturated rings. The number of nitro benzene ring substituents is 1. The van der Waals surface area contributed by atoms with Gasteiger partial charge in [-0.05, 0) is 30.4 Å². The van der Waals surface area contributed by atoms with Gasteiger partial charge in [-0.25, -0.2) is 0 Å². The molecule has 1 saturated carbocycles. The van der Waals surface area contributed by atoms with Crippen LogP contribution >= 0.6 is 0 Å². The number of hydrogen-bond donors (Lipinski definition) is 1. The van der Waals surface area contributed by atoms with E-state index in [1.54, 1.807) is 0 Å². The first-order chi connectivity index (χ1) is 11.5. The minimum absolute atomic E-state index is 0.0343. The summed E-state index contributed by atoms with van der Waals surface area (Å²) in [5.74, 6) is 0.0182. The van der Waals surface area contributed by atoms with E-state index < -0.39 is 23.0 Å². The molecule has 0 spiro atoms. The van der Waals surface area contributed by atoms with Crippen molar-refractivity contribution in [1.29, 1.82) is 0 Å². The SMILES string of the molecule is O=[N+]([O-])c1ccc(NC(c2ccccc2)C2CC2)cc1OC(F)F. The van der Waals surface area contributed by atoms with E-state index in [4.69, 9.17) is 0 Å². The second-order valence-electron chi connectivity index (χ2n) is 5.69. The molecule has 0 amide bonds. The van der Waals surface area contributed by atoms with E-state index >= 15 is 0 Å². The lowest BCUT2D eigenvalue weighted by Gasteiger charge is -2.20. The molecule has 0 bridgehead atoms. The summed E-state index contributed by atoms with van der Waals surface area (Å²) in [6, 6.07) is 13.8. The minimum Gasteiger partial charge on any atom is -0.427 e. The summed E-state index contributed by atoms with van der Waals surface area (Å²) >= 11 is 0. The molecule has 1 atom stereocenters. The lowest BCUT2D eigenvalue weighted by Crippen LogP contribution is -2.13. The van der Waals surface area contributed by atoms with Gasteiger partial charge in [-0.1, -0.05) is 30.3 Å². The van der Waals surface area contributed by atoms with Crippen molar-refractivity contribution in [2.75, 3.05) is 5.32 Å². The molecule has 0 heterocycles. The molecule has 0 aliphatic heterocycles. The highest BCUT2D eigenvalue weighted by Gasteiger charge is 2.32. The van der Waals surface area contributed by atoms with Crippen molar-refractivity contribution in [3.8, 4) is 5.75 Å². The highest BCUT2D eigenvalue weighted by Crippen LogP contribution is 2.43. The van der Waals surface area contributed by atoms with Gasteiger partial charge in [-0.15, -0.1) is 0 Å². The van der Waals surface area contributed by atoms with E-state index in [9.17, 15) is 18.9 Å². The highest BCUT2D eigenvalue weighted by molar-refractivity contribution is 5.59. The fourth-order valence-electron chi connectivity index (χ4n) is 2.69. The van der Waals surface area contributed by atoms with Crippen LogP contribution in [-0.2, 0) is 0 Å². The van der Waals surface area contributed by atoms with Gasteiger partial charge >= 0.3 is 12.3 Å². The zero-order chi connectivity index (χ0) is 17.1. The minimum atomic E-state index is -3.12. The molecule has 5 nitrogen and oxygen atoms in total. The van der Waals surface area contributed by atoms with Crippen LogP contribution in [0.5, 0.6) is 5.75 Å². The number of rotatable bonds is 7. The van der Waals surface area contributed by atoms with Crippen LogP contribution in [0.4, 0.5) is 20.2 Å². The van der Waals surface area contributed by atoms with Gasteiger partial charge in [0, 0.05) is 17.8 Å². The molecule has 126 valence electrons. The van der Waals surface area contributed by atoms with E-state index in [0.717, 1.165) is 18.4 Å². The van der Waals surface area contributed by atoms with Crippen molar-refractivity contribution in [3.63, 3.8) is 0 Å². The third-order valence-electron chi connectivity index (χ3n) is 3.95. The summed E-state index contributed by atoms with van der Waals surface area (Å²) in [5.41, 5.74) is 1.12. The monoisotopic (exact) mass is 334 g/mol. The first-order valence-electron chi connectivity index (χ1n) is 7.59. The van der Waals surface area contributed by atoms with Gasteiger partial charge in [0.05, 0.1) is 11.0 Å². The average molecular weight is 334 g/mol. The van der Waals surface area contributed by atoms with Crippen molar-refractivity contribution >= 4 is 11.4 Å². The highest BCUT2D eigenvalue weighted by atomic mass is 19.3. The standard InChI is InChI=1S/C17H16F2N2O3/c18-17(19)24-15-10-13(8-9-14(15)21(22)23)20-16(12-6-7-12)11-4-2-1-3-5-11/h1-5,8-10,12,16-17,20H,6-7H2. The molecular weight excluding hydrogens is 318 g/mol. The number of ether oxygens (including phenoxy) is 1. The fourth-order valence-corrected chi connectivity index (χ4v) is 2.69. The Morgan fingerprint density at radius 2 is 1.88 bits per heavy atom. The van der Waals surface area contributed by atoms with Crippen LogP contribution in [-0.4, -0.2) is 11.5 Å². The summed E-state index contributed by atoms with van der Waals surface area (Å²) in [7, 11) is 0. The normalized spacial score (nSPS) is 15.1. The smallest absolute Gasteiger partial charge is 0.387 e. The Bertz CT molecular complexity index is 721. The Morgan fingerprint density at radius 3 is 2.46 bits per heavy atom. The van der Waals surface area contributed by atoms with Crippen LogP contribution in [0, 0.1) is 16.0 Å². The zero-order valence-electron chi connectivity index (χ0n) is 12.7. The molecule has 1 N–H and O–H groups in total. The maximum atomic E-state index is 12.5. The molecule has 2 aromatic carbocycles. The van der Waals surface area contributed by atoms with Crippen LogP contribution in [0.3, 0.4) is 0 Å². The second-order valence-corrected chi connectivity index (χ2v) is 5.69. The van der Waals surface area contributed by atoms with Crippen LogP contribution in [0.15, 0.2) is 48.5 Å². The summed E-state index contributed by atoms with van der Waals surface area (Å²) in [4.78, 5) is 10.2. The summed E-state index contributed by atoms with van der Waals surface area (Å²) in [6.07, 6.45) is 2.17. The number of nitro groups is 1. The molecule has 1 unspecified atom stereocenters. The largest absolute Gasteiger partial charge is 0.427 e. The quantitative estimate of drug-likeness (QED) is 0.586. The molecule has 2 aromatic rings. The van der Waals surface area contributed by atoms with E-state index in [1.807, 2.05) is 30.3 Å². The van der Waals surface area contributed by atoms with Crippen LogP contribution in [0.25, 0.3) is 0 Å². The predicted octanol–water partition coefficient (Wildman–Crippen LogP) is 4.76. The average Bonchev–Trinajstić information content (AvgIpc) is 3.37.